The van der Waals surface area contributed by atoms with E-state index in [1.165, 1.54) is 18.4 Å². The molecular weight excluding hydrogens is 144 g/mol. The molecule has 0 heterocycles. The Balaban J connectivity index is 2.72. The minimum Gasteiger partial charge on any atom is -0.0811 e. The van der Waals surface area contributed by atoms with Gasteiger partial charge in [-0.2, -0.15) is 0 Å². The van der Waals surface area contributed by atoms with Gasteiger partial charge in [0.2, 0.25) is 0 Å². The summed E-state index contributed by atoms with van der Waals surface area (Å²) in [5.41, 5.74) is 1.89. The molecule has 0 aromatic carbocycles. The quantitative estimate of drug-likeness (QED) is 0.580. The van der Waals surface area contributed by atoms with E-state index in [4.69, 9.17) is 0 Å². The van der Waals surface area contributed by atoms with Gasteiger partial charge in [0.25, 0.3) is 0 Å². The van der Waals surface area contributed by atoms with Gasteiger partial charge in [-0.3, -0.25) is 0 Å². The summed E-state index contributed by atoms with van der Waals surface area (Å²) in [6.45, 7) is 9.16. The van der Waals surface area contributed by atoms with Gasteiger partial charge in [0.1, 0.15) is 0 Å². The van der Waals surface area contributed by atoms with Gasteiger partial charge in [0, 0.05) is 0 Å². The molecule has 0 heteroatoms. The van der Waals surface area contributed by atoms with Crippen molar-refractivity contribution in [1.82, 2.24) is 0 Å². The first-order valence-corrected chi connectivity index (χ1v) is 4.95. The predicted octanol–water partition coefficient (Wildman–Crippen LogP) is 3.95. The van der Waals surface area contributed by atoms with Crippen LogP contribution >= 0.6 is 0 Å². The molecule has 1 atom stereocenters. The van der Waals surface area contributed by atoms with Crippen molar-refractivity contribution >= 4 is 0 Å². The van der Waals surface area contributed by atoms with Crippen LogP contribution in [0, 0.1) is 11.3 Å². The normalized spacial score (nSPS) is 24.0. The molecule has 0 amide bonds. The third-order valence-corrected chi connectivity index (χ3v) is 2.98. The predicted molar refractivity (Wildman–Crippen MR) is 55.1 cm³/mol. The molecule has 1 aliphatic rings. The van der Waals surface area contributed by atoms with Gasteiger partial charge >= 0.3 is 0 Å². The molecule has 0 saturated carbocycles. The van der Waals surface area contributed by atoms with E-state index in [0.29, 0.717) is 5.41 Å². The van der Waals surface area contributed by atoms with Crippen molar-refractivity contribution in [2.75, 3.05) is 0 Å². The highest BCUT2D eigenvalue weighted by atomic mass is 14.2. The first-order valence-electron chi connectivity index (χ1n) is 4.95. The maximum absolute atomic E-state index is 2.40. The topological polar surface area (TPSA) is 0 Å². The van der Waals surface area contributed by atoms with E-state index in [2.05, 4.69) is 45.9 Å². The van der Waals surface area contributed by atoms with Gasteiger partial charge in [-0.15, -0.1) is 0 Å². The van der Waals surface area contributed by atoms with Gasteiger partial charge in [-0.25, -0.2) is 0 Å². The fourth-order valence-electron chi connectivity index (χ4n) is 1.43. The molecule has 0 radical (unpaired) electrons. The van der Waals surface area contributed by atoms with E-state index in [0.717, 1.165) is 5.92 Å². The van der Waals surface area contributed by atoms with E-state index in [1.807, 2.05) is 0 Å². The Morgan fingerprint density at radius 2 is 2.17 bits per heavy atom. The van der Waals surface area contributed by atoms with Crippen molar-refractivity contribution in [3.05, 3.63) is 23.8 Å². The van der Waals surface area contributed by atoms with Crippen LogP contribution < -0.4 is 0 Å². The van der Waals surface area contributed by atoms with Crippen molar-refractivity contribution in [3.8, 4) is 0 Å². The fourth-order valence-corrected chi connectivity index (χ4v) is 1.43. The Morgan fingerprint density at radius 3 is 2.58 bits per heavy atom. The maximum Gasteiger partial charge on any atom is -0.0109 e. The van der Waals surface area contributed by atoms with Crippen LogP contribution in [0.4, 0.5) is 0 Å². The highest BCUT2D eigenvalue weighted by molar-refractivity contribution is 5.28. The second-order valence-corrected chi connectivity index (χ2v) is 4.47. The smallest absolute Gasteiger partial charge is 0.0109 e. The summed E-state index contributed by atoms with van der Waals surface area (Å²) in [4.78, 5) is 0. The first-order chi connectivity index (χ1) is 5.56. The first kappa shape index (κ1) is 9.57. The molecule has 12 heavy (non-hydrogen) atoms. The van der Waals surface area contributed by atoms with Crippen molar-refractivity contribution in [3.63, 3.8) is 0 Å². The lowest BCUT2D eigenvalue weighted by Gasteiger charge is -2.27. The van der Waals surface area contributed by atoms with Crippen molar-refractivity contribution in [2.45, 2.75) is 40.5 Å². The number of hydrogen-bond donors (Lipinski definition) is 0. The summed E-state index contributed by atoms with van der Waals surface area (Å²) in [6.07, 6.45) is 9.46. The molecule has 0 aliphatic heterocycles. The van der Waals surface area contributed by atoms with Crippen molar-refractivity contribution in [1.29, 1.82) is 0 Å². The van der Waals surface area contributed by atoms with Gasteiger partial charge in [0.15, 0.2) is 0 Å². The van der Waals surface area contributed by atoms with E-state index < -0.39 is 0 Å². The minimum atomic E-state index is 0.372. The minimum absolute atomic E-state index is 0.372. The fraction of sp³-hybridized carbons (Fsp3) is 0.667. The van der Waals surface area contributed by atoms with Crippen LogP contribution in [0.1, 0.15) is 40.5 Å². The van der Waals surface area contributed by atoms with Crippen LogP contribution in [0.25, 0.3) is 0 Å². The standard InChI is InChI=1S/C12H20/c1-5-12(3,4)11-8-6-10(2)7-9-11/h6,8-10H,5,7H2,1-4H3/t10-/m0/s1. The monoisotopic (exact) mass is 164 g/mol. The molecule has 0 fully saturated rings. The summed E-state index contributed by atoms with van der Waals surface area (Å²) >= 11 is 0. The van der Waals surface area contributed by atoms with Crippen LogP contribution in [-0.4, -0.2) is 0 Å². The van der Waals surface area contributed by atoms with Crippen LogP contribution in [0.3, 0.4) is 0 Å². The summed E-state index contributed by atoms with van der Waals surface area (Å²) < 4.78 is 0. The van der Waals surface area contributed by atoms with Crippen LogP contribution in [-0.2, 0) is 0 Å². The Morgan fingerprint density at radius 1 is 1.50 bits per heavy atom. The molecule has 0 spiro atoms. The molecule has 1 aliphatic carbocycles. The van der Waals surface area contributed by atoms with Crippen molar-refractivity contribution < 1.29 is 0 Å². The summed E-state index contributed by atoms with van der Waals surface area (Å²) in [5, 5.41) is 0. The van der Waals surface area contributed by atoms with E-state index >= 15 is 0 Å². The van der Waals surface area contributed by atoms with Crippen LogP contribution in [0.15, 0.2) is 23.8 Å². The Bertz CT molecular complexity index is 206. The molecular formula is C12H20. The lowest BCUT2D eigenvalue weighted by atomic mass is 9.78. The Kier molecular flexibility index (Phi) is 2.76. The van der Waals surface area contributed by atoms with E-state index in [1.54, 1.807) is 0 Å². The second kappa shape index (κ2) is 3.47. The number of allylic oxidation sites excluding steroid dienone is 4. The zero-order chi connectivity index (χ0) is 9.19. The molecule has 0 bridgehead atoms. The Hall–Kier alpha value is -0.520. The lowest BCUT2D eigenvalue weighted by molar-refractivity contribution is 0.434. The number of hydrogen-bond acceptors (Lipinski definition) is 0. The summed E-state index contributed by atoms with van der Waals surface area (Å²) in [5.74, 6) is 0.737. The average Bonchev–Trinajstić information content (AvgIpc) is 2.05. The van der Waals surface area contributed by atoms with E-state index in [-0.39, 0.29) is 0 Å². The van der Waals surface area contributed by atoms with Crippen molar-refractivity contribution in [2.24, 2.45) is 11.3 Å². The average molecular weight is 164 g/mol. The molecule has 0 aromatic heterocycles. The zero-order valence-corrected chi connectivity index (χ0v) is 8.72. The molecule has 0 nitrogen and oxygen atoms in total. The molecule has 0 aromatic rings. The third kappa shape index (κ3) is 2.00. The zero-order valence-electron chi connectivity index (χ0n) is 8.72. The highest BCUT2D eigenvalue weighted by Gasteiger charge is 2.20. The molecule has 0 N–H and O–H groups in total. The van der Waals surface area contributed by atoms with Gasteiger partial charge in [0.05, 0.1) is 0 Å². The molecule has 0 unspecified atom stereocenters. The van der Waals surface area contributed by atoms with Gasteiger partial charge in [-0.1, -0.05) is 45.9 Å². The van der Waals surface area contributed by atoms with Crippen LogP contribution in [0.2, 0.25) is 0 Å². The van der Waals surface area contributed by atoms with Gasteiger partial charge < -0.3 is 0 Å². The highest BCUT2D eigenvalue weighted by Crippen LogP contribution is 2.33. The molecule has 1 rings (SSSR count). The number of rotatable bonds is 2. The van der Waals surface area contributed by atoms with Crippen LogP contribution in [0.5, 0.6) is 0 Å². The summed E-state index contributed by atoms with van der Waals surface area (Å²) in [7, 11) is 0. The third-order valence-electron chi connectivity index (χ3n) is 2.98. The molecule has 0 saturated heterocycles. The largest absolute Gasteiger partial charge is 0.0811 e. The second-order valence-electron chi connectivity index (χ2n) is 4.47. The maximum atomic E-state index is 2.40. The summed E-state index contributed by atoms with van der Waals surface area (Å²) in [6, 6.07) is 0. The lowest BCUT2D eigenvalue weighted by Crippen LogP contribution is -2.14. The molecule has 68 valence electrons. The van der Waals surface area contributed by atoms with E-state index in [9.17, 15) is 0 Å². The van der Waals surface area contributed by atoms with Gasteiger partial charge in [-0.05, 0) is 29.7 Å². The Labute approximate surface area is 76.4 Å². The SMILES string of the molecule is CCC(C)(C)C1=CC[C@@H](C)C=C1.